The van der Waals surface area contributed by atoms with Crippen LogP contribution >= 0.6 is 85.5 Å². The maximum absolute atomic E-state index is 5.42. The van der Waals surface area contributed by atoms with Gasteiger partial charge in [0.25, 0.3) is 0 Å². The molecule has 0 fully saturated rings. The maximum atomic E-state index is 5.06. The summed E-state index contributed by atoms with van der Waals surface area (Å²) in [5.41, 5.74) is 0. The predicted octanol–water partition coefficient (Wildman–Crippen LogP) is 5.96. The molecular weight excluding hydrogens is 484 g/mol. The Hall–Kier alpha value is 3.51. The quantitative estimate of drug-likeness (QED) is 0.255. The van der Waals surface area contributed by atoms with Gasteiger partial charge in [0.2, 0.25) is 0 Å². The molecule has 0 unspecified atom stereocenters. The van der Waals surface area contributed by atoms with Gasteiger partial charge in [-0.15, -0.1) is 0 Å². The molecular formula is Cl8NS2Sb. The van der Waals surface area contributed by atoms with E-state index in [9.17, 15) is 0 Å². The molecule has 12 heteroatoms. The van der Waals surface area contributed by atoms with Crippen molar-refractivity contribution in [1.82, 2.24) is 0 Å². The van der Waals surface area contributed by atoms with Gasteiger partial charge >= 0.3 is 83.6 Å². The zero-order valence-corrected chi connectivity index (χ0v) is 15.0. The van der Waals surface area contributed by atoms with Crippen molar-refractivity contribution in [3.63, 3.8) is 0 Å². The Balaban J connectivity index is 0. The average molecular weight is 484 g/mol. The van der Waals surface area contributed by atoms with Crippen LogP contribution in [0.1, 0.15) is 0 Å². The fraction of sp³-hybridized carbons (Fsp3) is 0. The van der Waals surface area contributed by atoms with Crippen LogP contribution in [0.3, 0.4) is 0 Å². The fourth-order valence-electron chi connectivity index (χ4n) is 0.0106. The molecule has 0 aromatic rings. The number of nitrogens with zero attached hydrogens (tertiary/aromatic N) is 1. The van der Waals surface area contributed by atoms with Crippen LogP contribution in [0.2, 0.25) is 0 Å². The Kier molecular flexibility index (Phi) is 8.53. The standard InChI is InChI=1S/Cl2NS2.6ClH.Sb/c1-4-3-5-2;;;;;;;/h;6*1H;/q+1;;;;;;;+5/p-6. The van der Waals surface area contributed by atoms with Crippen molar-refractivity contribution in [2.24, 2.45) is 3.77 Å². The van der Waals surface area contributed by atoms with E-state index in [1.54, 1.807) is 0 Å². The van der Waals surface area contributed by atoms with Crippen molar-refractivity contribution < 1.29 is 0 Å². The van der Waals surface area contributed by atoms with Crippen LogP contribution in [-0.4, -0.2) is 9.14 Å². The SMILES string of the molecule is ClSN=[S+]Cl.[Cl][Sb-]([Cl])([Cl])([Cl])([Cl])[Cl]. The van der Waals surface area contributed by atoms with Gasteiger partial charge in [0.1, 0.15) is 11.2 Å². The van der Waals surface area contributed by atoms with Crippen LogP contribution < -0.4 is 0 Å². The van der Waals surface area contributed by atoms with Gasteiger partial charge < -0.3 is 0 Å². The Labute approximate surface area is 107 Å². The van der Waals surface area contributed by atoms with Crippen LogP contribution in [0.15, 0.2) is 3.77 Å². The van der Waals surface area contributed by atoms with Gasteiger partial charge in [-0.1, -0.05) is 0 Å². The normalized spacial score (nSPS) is 17.7. The molecule has 0 aliphatic heterocycles. The van der Waals surface area contributed by atoms with Crippen LogP contribution in [0.4, 0.5) is 0 Å². The molecule has 0 saturated heterocycles. The Morgan fingerprint density at radius 2 is 1.25 bits per heavy atom. The first-order valence-corrected chi connectivity index (χ1v) is 24.3. The Morgan fingerprint density at radius 1 is 1.00 bits per heavy atom. The molecule has 12 heavy (non-hydrogen) atoms. The van der Waals surface area contributed by atoms with Gasteiger partial charge in [-0.05, 0) is 10.7 Å². The molecule has 0 aliphatic rings. The molecule has 0 saturated carbocycles. The second-order valence-electron chi connectivity index (χ2n) is 1.17. The van der Waals surface area contributed by atoms with Crippen LogP contribution in [0.25, 0.3) is 0 Å². The van der Waals surface area contributed by atoms with Crippen LogP contribution in [0, 0.1) is 0 Å². The summed E-state index contributed by atoms with van der Waals surface area (Å²) in [6, 6.07) is 0. The molecule has 0 bridgehead atoms. The number of hydrogen-bond donors (Lipinski definition) is 0. The van der Waals surface area contributed by atoms with Crippen molar-refractivity contribution in [2.45, 2.75) is 0 Å². The summed E-state index contributed by atoms with van der Waals surface area (Å²) in [5.74, 6) is 0. The van der Waals surface area contributed by atoms with Crippen molar-refractivity contribution in [3.05, 3.63) is 0 Å². The Morgan fingerprint density at radius 3 is 1.25 bits per heavy atom. The summed E-state index contributed by atoms with van der Waals surface area (Å²) in [5, 5.41) is 0. The molecule has 1 nitrogen and oxygen atoms in total. The van der Waals surface area contributed by atoms with Gasteiger partial charge in [0, 0.05) is 0 Å². The number of halogens is 8. The third-order valence-corrected chi connectivity index (χ3v) is 1.52. The minimum atomic E-state index is -5.42. The molecule has 0 rings (SSSR count). The van der Waals surface area contributed by atoms with E-state index in [1.165, 1.54) is 0 Å². The molecule has 0 spiro atoms. The van der Waals surface area contributed by atoms with Crippen molar-refractivity contribution in [2.75, 3.05) is 0 Å². The van der Waals surface area contributed by atoms with Gasteiger partial charge in [0.05, 0.1) is 3.77 Å². The van der Waals surface area contributed by atoms with Gasteiger partial charge in [-0.3, -0.25) is 0 Å². The van der Waals surface area contributed by atoms with Crippen molar-refractivity contribution in [3.8, 4) is 0 Å². The minimum absolute atomic E-state index is 0.830. The van der Waals surface area contributed by atoms with E-state index in [4.69, 9.17) is 74.3 Å². The average Bonchev–Trinajstić information content (AvgIpc) is 1.58. The van der Waals surface area contributed by atoms with Crippen molar-refractivity contribution in [1.29, 1.82) is 0 Å². The number of hydrogen-bond acceptors (Lipinski definition) is 2. The zero-order chi connectivity index (χ0) is 10.5. The summed E-state index contributed by atoms with van der Waals surface area (Å²) in [4.78, 5) is 0. The summed E-state index contributed by atoms with van der Waals surface area (Å²) >= 11 is 0.830. The van der Waals surface area contributed by atoms with Gasteiger partial charge in [0.15, 0.2) is 0 Å². The van der Waals surface area contributed by atoms with Crippen molar-refractivity contribution >= 4 is 105 Å². The second-order valence-corrected chi connectivity index (χ2v) is 59.8. The molecule has 78 valence electrons. The monoisotopic (exact) mass is 479 g/mol. The molecule has 0 aromatic carbocycles. The molecule has 0 aliphatic carbocycles. The predicted molar refractivity (Wildman–Crippen MR) is 70.0 cm³/mol. The third kappa shape index (κ3) is 69.7. The second kappa shape index (κ2) is 5.72. The Bertz CT molecular complexity index is 139. The first-order valence-electron chi connectivity index (χ1n) is 1.69. The topological polar surface area (TPSA) is 12.4 Å². The van der Waals surface area contributed by atoms with Crippen LogP contribution in [0.5, 0.6) is 0 Å². The number of rotatable bonds is 1. The summed E-state index contributed by atoms with van der Waals surface area (Å²) in [6.45, 7) is 0. The van der Waals surface area contributed by atoms with Crippen LogP contribution in [-0.2, 0) is 10.8 Å². The van der Waals surface area contributed by atoms with E-state index < -0.39 is 9.14 Å². The van der Waals surface area contributed by atoms with Gasteiger partial charge in [-0.25, -0.2) is 0 Å². The van der Waals surface area contributed by atoms with E-state index >= 15 is 0 Å². The van der Waals surface area contributed by atoms with Gasteiger partial charge in [-0.2, -0.15) is 0 Å². The fourth-order valence-corrected chi connectivity index (χ4v) is 0.862. The van der Waals surface area contributed by atoms with E-state index in [1.807, 2.05) is 0 Å². The first kappa shape index (κ1) is 17.9. The summed E-state index contributed by atoms with van der Waals surface area (Å²) < 4.78 is 3.34. The van der Waals surface area contributed by atoms with E-state index in [0.29, 0.717) is 0 Å². The molecule has 0 radical (unpaired) electrons. The molecule has 0 atom stereocenters. The third-order valence-electron chi connectivity index (χ3n) is 0.0563. The summed E-state index contributed by atoms with van der Waals surface area (Å²) in [7, 11) is 35.7. The van der Waals surface area contributed by atoms with E-state index in [2.05, 4.69) is 3.77 Å². The molecule has 0 N–H and O–H groups in total. The molecule has 0 amide bonds. The molecule has 0 heterocycles. The van der Waals surface area contributed by atoms with E-state index in [-0.39, 0.29) is 0 Å². The van der Waals surface area contributed by atoms with E-state index in [0.717, 1.165) is 21.9 Å². The molecule has 0 aromatic heterocycles. The first-order chi connectivity index (χ1) is 4.86. The summed E-state index contributed by atoms with van der Waals surface area (Å²) in [6.07, 6.45) is 0. The zero-order valence-electron chi connectivity index (χ0n) is 4.73.